The lowest BCUT2D eigenvalue weighted by atomic mass is 10.1. The van der Waals surface area contributed by atoms with Crippen LogP contribution in [-0.4, -0.2) is 37.5 Å². The van der Waals surface area contributed by atoms with Crippen molar-refractivity contribution in [1.82, 2.24) is 10.2 Å². The van der Waals surface area contributed by atoms with Crippen molar-refractivity contribution in [3.8, 4) is 0 Å². The van der Waals surface area contributed by atoms with Crippen LogP contribution in [0.15, 0.2) is 41.8 Å². The first kappa shape index (κ1) is 21.4. The minimum absolute atomic E-state index is 0.0801. The molecule has 2 aromatic rings. The van der Waals surface area contributed by atoms with Crippen LogP contribution in [0.5, 0.6) is 0 Å². The highest BCUT2D eigenvalue weighted by Crippen LogP contribution is 2.34. The second kappa shape index (κ2) is 9.34. The largest absolute Gasteiger partial charge is 0.418 e. The summed E-state index contributed by atoms with van der Waals surface area (Å²) in [5.74, 6) is -0.454. The lowest BCUT2D eigenvalue weighted by Gasteiger charge is -2.25. The number of amides is 1. The Hall–Kier alpha value is -1.90. The van der Waals surface area contributed by atoms with Gasteiger partial charge in [-0.3, -0.25) is 4.79 Å². The number of carbonyl (C=O) groups excluding carboxylic acids is 1. The SMILES string of the molecule is CC(CC(=O)Nc1ccccc1C(F)(F)F)NCC(c1cccs1)N(C)C. The Morgan fingerprint density at radius 1 is 1.19 bits per heavy atom. The third-order valence-corrected chi connectivity index (χ3v) is 5.13. The molecule has 0 aliphatic heterocycles. The summed E-state index contributed by atoms with van der Waals surface area (Å²) in [6, 6.07) is 9.03. The fraction of sp³-hybridized carbons (Fsp3) is 0.421. The van der Waals surface area contributed by atoms with Crippen LogP contribution in [0.3, 0.4) is 0 Å². The standard InChI is InChI=1S/C19H24F3N3OS/c1-13(23-12-16(25(2)3)17-9-6-10-27-17)11-18(26)24-15-8-5-4-7-14(15)19(20,21)22/h4-10,13,16,23H,11-12H2,1-3H3,(H,24,26). The van der Waals surface area contributed by atoms with Gasteiger partial charge in [0.25, 0.3) is 0 Å². The molecule has 0 saturated heterocycles. The van der Waals surface area contributed by atoms with Crippen LogP contribution in [0.25, 0.3) is 0 Å². The van der Waals surface area contributed by atoms with E-state index >= 15 is 0 Å². The fourth-order valence-electron chi connectivity index (χ4n) is 2.72. The van der Waals surface area contributed by atoms with E-state index in [1.54, 1.807) is 11.3 Å². The number of likely N-dealkylation sites (N-methyl/N-ethyl adjacent to an activating group) is 1. The summed E-state index contributed by atoms with van der Waals surface area (Å²) < 4.78 is 39.0. The molecule has 2 N–H and O–H groups in total. The van der Waals surface area contributed by atoms with Gasteiger partial charge in [0.2, 0.25) is 5.91 Å². The maximum absolute atomic E-state index is 13.0. The molecular weight excluding hydrogens is 375 g/mol. The number of hydrogen-bond acceptors (Lipinski definition) is 4. The second-order valence-electron chi connectivity index (χ2n) is 6.60. The molecule has 2 rings (SSSR count). The quantitative estimate of drug-likeness (QED) is 0.693. The Morgan fingerprint density at radius 3 is 2.48 bits per heavy atom. The number of para-hydroxylation sites is 1. The number of halogens is 3. The average Bonchev–Trinajstić information content (AvgIpc) is 3.08. The molecule has 1 heterocycles. The first-order valence-corrected chi connectivity index (χ1v) is 9.45. The van der Waals surface area contributed by atoms with Gasteiger partial charge < -0.3 is 15.5 Å². The van der Waals surface area contributed by atoms with Crippen LogP contribution in [0.1, 0.15) is 29.8 Å². The number of alkyl halides is 3. The predicted octanol–water partition coefficient (Wildman–Crippen LogP) is 4.38. The molecule has 8 heteroatoms. The van der Waals surface area contributed by atoms with Gasteiger partial charge >= 0.3 is 6.18 Å². The molecule has 1 aromatic heterocycles. The maximum Gasteiger partial charge on any atom is 0.418 e. The number of hydrogen-bond donors (Lipinski definition) is 2. The highest BCUT2D eigenvalue weighted by atomic mass is 32.1. The van der Waals surface area contributed by atoms with Crippen molar-refractivity contribution in [3.05, 3.63) is 52.2 Å². The second-order valence-corrected chi connectivity index (χ2v) is 7.58. The summed E-state index contributed by atoms with van der Waals surface area (Å²) in [4.78, 5) is 15.5. The smallest absolute Gasteiger partial charge is 0.325 e. The third-order valence-electron chi connectivity index (χ3n) is 4.15. The Labute approximate surface area is 161 Å². The number of nitrogens with one attached hydrogen (secondary N) is 2. The van der Waals surface area contributed by atoms with E-state index in [2.05, 4.69) is 21.6 Å². The number of benzene rings is 1. The number of thiophene rings is 1. The van der Waals surface area contributed by atoms with Crippen molar-refractivity contribution in [3.63, 3.8) is 0 Å². The van der Waals surface area contributed by atoms with Crippen molar-refractivity contribution < 1.29 is 18.0 Å². The Balaban J connectivity index is 1.91. The van der Waals surface area contributed by atoms with Gasteiger partial charge in [0, 0.05) is 23.9 Å². The van der Waals surface area contributed by atoms with E-state index < -0.39 is 17.6 Å². The van der Waals surface area contributed by atoms with Crippen LogP contribution < -0.4 is 10.6 Å². The lowest BCUT2D eigenvalue weighted by Crippen LogP contribution is -2.37. The summed E-state index contributed by atoms with van der Waals surface area (Å²) in [6.07, 6.45) is -4.43. The van der Waals surface area contributed by atoms with Gasteiger partial charge in [-0.2, -0.15) is 13.2 Å². The molecule has 1 amide bonds. The molecule has 0 aliphatic rings. The van der Waals surface area contributed by atoms with E-state index in [1.807, 2.05) is 32.5 Å². The lowest BCUT2D eigenvalue weighted by molar-refractivity contribution is -0.137. The van der Waals surface area contributed by atoms with Gasteiger partial charge in [-0.25, -0.2) is 0 Å². The maximum atomic E-state index is 13.0. The molecule has 148 valence electrons. The summed E-state index contributed by atoms with van der Waals surface area (Å²) in [5, 5.41) is 7.69. The summed E-state index contributed by atoms with van der Waals surface area (Å²) in [6.45, 7) is 2.48. The molecule has 1 aromatic carbocycles. The minimum atomic E-state index is -4.51. The Kier molecular flexibility index (Phi) is 7.41. The van der Waals surface area contributed by atoms with Gasteiger partial charge in [-0.15, -0.1) is 11.3 Å². The molecule has 0 aliphatic carbocycles. The molecule has 4 nitrogen and oxygen atoms in total. The predicted molar refractivity (Wildman–Crippen MR) is 103 cm³/mol. The zero-order chi connectivity index (χ0) is 20.0. The van der Waals surface area contributed by atoms with E-state index in [-0.39, 0.29) is 24.2 Å². The van der Waals surface area contributed by atoms with Crippen molar-refractivity contribution in [2.45, 2.75) is 31.6 Å². The fourth-order valence-corrected chi connectivity index (χ4v) is 3.64. The number of rotatable bonds is 8. The first-order chi connectivity index (χ1) is 12.7. The molecule has 0 saturated carbocycles. The van der Waals surface area contributed by atoms with E-state index in [0.717, 1.165) is 6.07 Å². The van der Waals surface area contributed by atoms with Gasteiger partial charge in [0.1, 0.15) is 0 Å². The minimum Gasteiger partial charge on any atom is -0.325 e. The van der Waals surface area contributed by atoms with Gasteiger partial charge in [-0.05, 0) is 44.6 Å². The average molecular weight is 399 g/mol. The topological polar surface area (TPSA) is 44.4 Å². The number of carbonyl (C=O) groups is 1. The molecule has 2 atom stereocenters. The van der Waals surface area contributed by atoms with Gasteiger partial charge in [0.15, 0.2) is 0 Å². The van der Waals surface area contributed by atoms with Crippen LogP contribution in [0.2, 0.25) is 0 Å². The van der Waals surface area contributed by atoms with Crippen LogP contribution in [0, 0.1) is 0 Å². The highest BCUT2D eigenvalue weighted by molar-refractivity contribution is 7.10. The normalized spacial score (nSPS) is 14.2. The zero-order valence-electron chi connectivity index (χ0n) is 15.5. The highest BCUT2D eigenvalue weighted by Gasteiger charge is 2.33. The van der Waals surface area contributed by atoms with E-state index in [1.165, 1.54) is 23.1 Å². The molecular formula is C19H24F3N3OS. The van der Waals surface area contributed by atoms with Crippen molar-refractivity contribution in [2.75, 3.05) is 26.0 Å². The zero-order valence-corrected chi connectivity index (χ0v) is 16.3. The summed E-state index contributed by atoms with van der Waals surface area (Å²) in [7, 11) is 3.97. The Morgan fingerprint density at radius 2 is 1.89 bits per heavy atom. The summed E-state index contributed by atoms with van der Waals surface area (Å²) in [5.41, 5.74) is -1.06. The summed E-state index contributed by atoms with van der Waals surface area (Å²) >= 11 is 1.66. The molecule has 2 unspecified atom stereocenters. The monoisotopic (exact) mass is 399 g/mol. The van der Waals surface area contributed by atoms with E-state index in [0.29, 0.717) is 6.54 Å². The first-order valence-electron chi connectivity index (χ1n) is 8.57. The van der Waals surface area contributed by atoms with Gasteiger partial charge in [0.05, 0.1) is 17.3 Å². The van der Waals surface area contributed by atoms with Crippen LogP contribution in [-0.2, 0) is 11.0 Å². The van der Waals surface area contributed by atoms with E-state index in [9.17, 15) is 18.0 Å². The molecule has 27 heavy (non-hydrogen) atoms. The van der Waals surface area contributed by atoms with Crippen LogP contribution >= 0.6 is 11.3 Å². The van der Waals surface area contributed by atoms with E-state index in [4.69, 9.17) is 0 Å². The number of anilines is 1. The van der Waals surface area contributed by atoms with Crippen molar-refractivity contribution in [2.24, 2.45) is 0 Å². The number of nitrogens with zero attached hydrogens (tertiary/aromatic N) is 1. The molecule has 0 fully saturated rings. The van der Waals surface area contributed by atoms with Crippen molar-refractivity contribution >= 4 is 22.9 Å². The van der Waals surface area contributed by atoms with Crippen LogP contribution in [0.4, 0.5) is 18.9 Å². The Bertz CT molecular complexity index is 732. The van der Waals surface area contributed by atoms with Gasteiger partial charge in [-0.1, -0.05) is 18.2 Å². The van der Waals surface area contributed by atoms with Crippen molar-refractivity contribution in [1.29, 1.82) is 0 Å². The molecule has 0 spiro atoms. The molecule has 0 bridgehead atoms. The third kappa shape index (κ3) is 6.34. The molecule has 0 radical (unpaired) electrons.